The number of hydrogen-bond acceptors (Lipinski definition) is 1. The zero-order chi connectivity index (χ0) is 13.6. The van der Waals surface area contributed by atoms with Crippen molar-refractivity contribution in [3.05, 3.63) is 12.7 Å². The van der Waals surface area contributed by atoms with E-state index < -0.39 is 0 Å². The van der Waals surface area contributed by atoms with Crippen LogP contribution in [0.5, 0.6) is 0 Å². The Hall–Kier alpha value is -0.790. The average Bonchev–Trinajstić information content (AvgIpc) is 2.39. The van der Waals surface area contributed by atoms with E-state index in [1.54, 1.807) is 0 Å². The van der Waals surface area contributed by atoms with Crippen molar-refractivity contribution in [3.8, 4) is 0 Å². The number of unbranched alkanes of at least 4 members (excludes halogenated alkanes) is 6. The molecule has 0 saturated heterocycles. The van der Waals surface area contributed by atoms with Crippen molar-refractivity contribution in [2.24, 2.45) is 0 Å². The van der Waals surface area contributed by atoms with E-state index in [4.69, 9.17) is 0 Å². The first-order valence-corrected chi connectivity index (χ1v) is 7.67. The maximum atomic E-state index is 11.4. The summed E-state index contributed by atoms with van der Waals surface area (Å²) in [5.74, 6) is -0.0222. The minimum absolute atomic E-state index is 0.0222. The second kappa shape index (κ2) is 12.7. The third kappa shape index (κ3) is 10.4. The van der Waals surface area contributed by atoms with Gasteiger partial charge in [-0.05, 0) is 18.9 Å². The van der Waals surface area contributed by atoms with E-state index >= 15 is 0 Å². The molecule has 0 aromatic heterocycles. The van der Waals surface area contributed by atoms with Crippen molar-refractivity contribution in [1.82, 2.24) is 5.32 Å². The van der Waals surface area contributed by atoms with Gasteiger partial charge < -0.3 is 5.32 Å². The highest BCUT2D eigenvalue weighted by molar-refractivity contribution is 5.87. The molecule has 1 N–H and O–H groups in total. The van der Waals surface area contributed by atoms with Gasteiger partial charge >= 0.3 is 0 Å². The normalized spacial score (nSPS) is 10.6. The van der Waals surface area contributed by atoms with Crippen LogP contribution in [0.2, 0.25) is 0 Å². The molecular weight excluding hydrogens is 222 g/mol. The fraction of sp³-hybridized carbons (Fsp3) is 0.812. The second-order valence-electron chi connectivity index (χ2n) is 5.11. The molecule has 18 heavy (non-hydrogen) atoms. The van der Waals surface area contributed by atoms with Crippen molar-refractivity contribution in [1.29, 1.82) is 0 Å². The Balaban J connectivity index is 3.84. The maximum absolute atomic E-state index is 11.4. The average molecular weight is 253 g/mol. The van der Waals surface area contributed by atoms with Crippen LogP contribution in [0.4, 0.5) is 0 Å². The molecule has 0 spiro atoms. The van der Waals surface area contributed by atoms with Crippen LogP contribution in [0.3, 0.4) is 0 Å². The van der Waals surface area contributed by atoms with Crippen LogP contribution in [0.15, 0.2) is 12.7 Å². The van der Waals surface area contributed by atoms with Gasteiger partial charge in [0.05, 0.1) is 0 Å². The largest absolute Gasteiger partial charge is 0.350 e. The lowest BCUT2D eigenvalue weighted by Gasteiger charge is -2.17. The van der Waals surface area contributed by atoms with Crippen molar-refractivity contribution in [2.45, 2.75) is 84.1 Å². The summed E-state index contributed by atoms with van der Waals surface area (Å²) in [7, 11) is 0. The summed E-state index contributed by atoms with van der Waals surface area (Å²) in [6.45, 7) is 7.97. The van der Waals surface area contributed by atoms with Crippen LogP contribution >= 0.6 is 0 Å². The fourth-order valence-corrected chi connectivity index (χ4v) is 2.18. The summed E-state index contributed by atoms with van der Waals surface area (Å²) >= 11 is 0. The lowest BCUT2D eigenvalue weighted by molar-refractivity contribution is -0.117. The molecule has 0 aliphatic heterocycles. The standard InChI is InChI=1S/C16H31NO/c1-4-7-9-11-13-15(17-16(18)6-3)14-12-10-8-5-2/h6,15H,3-5,7-14H2,1-2H3,(H,17,18). The van der Waals surface area contributed by atoms with E-state index in [2.05, 4.69) is 25.7 Å². The Kier molecular flexibility index (Phi) is 12.1. The monoisotopic (exact) mass is 253 g/mol. The predicted octanol–water partition coefficient (Wildman–Crippen LogP) is 4.60. The van der Waals surface area contributed by atoms with Crippen LogP contribution in [0, 0.1) is 0 Å². The molecule has 2 heteroatoms. The van der Waals surface area contributed by atoms with Gasteiger partial charge in [0.25, 0.3) is 0 Å². The van der Waals surface area contributed by atoms with E-state index in [9.17, 15) is 4.79 Å². The number of hydrogen-bond donors (Lipinski definition) is 1. The Morgan fingerprint density at radius 3 is 1.89 bits per heavy atom. The number of rotatable bonds is 12. The first kappa shape index (κ1) is 17.2. The van der Waals surface area contributed by atoms with Gasteiger partial charge in [-0.3, -0.25) is 4.79 Å². The van der Waals surface area contributed by atoms with Gasteiger partial charge in [-0.2, -0.15) is 0 Å². The van der Waals surface area contributed by atoms with Crippen LogP contribution < -0.4 is 5.32 Å². The molecule has 0 aliphatic rings. The number of nitrogens with one attached hydrogen (secondary N) is 1. The molecule has 2 nitrogen and oxygen atoms in total. The number of carbonyl (C=O) groups excluding carboxylic acids is 1. The van der Waals surface area contributed by atoms with Crippen molar-refractivity contribution >= 4 is 5.91 Å². The number of carbonyl (C=O) groups is 1. The van der Waals surface area contributed by atoms with E-state index in [1.807, 2.05) is 0 Å². The van der Waals surface area contributed by atoms with Crippen LogP contribution in [0.25, 0.3) is 0 Å². The molecule has 0 radical (unpaired) electrons. The molecule has 0 heterocycles. The smallest absolute Gasteiger partial charge is 0.243 e. The summed E-state index contributed by atoms with van der Waals surface area (Å²) in [4.78, 5) is 11.4. The van der Waals surface area contributed by atoms with E-state index in [-0.39, 0.29) is 5.91 Å². The minimum atomic E-state index is -0.0222. The summed E-state index contributed by atoms with van der Waals surface area (Å²) in [6, 6.07) is 0.351. The summed E-state index contributed by atoms with van der Waals surface area (Å²) in [5.41, 5.74) is 0. The summed E-state index contributed by atoms with van der Waals surface area (Å²) < 4.78 is 0. The molecule has 0 aromatic rings. The molecule has 1 amide bonds. The van der Waals surface area contributed by atoms with Crippen molar-refractivity contribution in [2.75, 3.05) is 0 Å². The Bertz CT molecular complexity index is 201. The van der Waals surface area contributed by atoms with E-state index in [0.717, 1.165) is 12.8 Å². The maximum Gasteiger partial charge on any atom is 0.243 e. The van der Waals surface area contributed by atoms with Gasteiger partial charge in [0.2, 0.25) is 5.91 Å². The Labute approximate surface area is 113 Å². The van der Waals surface area contributed by atoms with Crippen LogP contribution in [-0.2, 0) is 4.79 Å². The topological polar surface area (TPSA) is 29.1 Å². The first-order chi connectivity index (χ1) is 8.74. The van der Waals surface area contributed by atoms with Gasteiger partial charge in [-0.1, -0.05) is 71.8 Å². The third-order valence-corrected chi connectivity index (χ3v) is 3.34. The van der Waals surface area contributed by atoms with Crippen molar-refractivity contribution < 1.29 is 4.79 Å². The zero-order valence-electron chi connectivity index (χ0n) is 12.3. The van der Waals surface area contributed by atoms with Gasteiger partial charge in [-0.15, -0.1) is 0 Å². The fourth-order valence-electron chi connectivity index (χ4n) is 2.18. The minimum Gasteiger partial charge on any atom is -0.350 e. The lowest BCUT2D eigenvalue weighted by atomic mass is 10.0. The SMILES string of the molecule is C=CC(=O)NC(CCCCCC)CCCCCC. The highest BCUT2D eigenvalue weighted by Gasteiger charge is 2.09. The summed E-state index contributed by atoms with van der Waals surface area (Å²) in [5, 5.41) is 3.06. The van der Waals surface area contributed by atoms with E-state index in [0.29, 0.717) is 6.04 Å². The summed E-state index contributed by atoms with van der Waals surface area (Å²) in [6.07, 6.45) is 13.8. The lowest BCUT2D eigenvalue weighted by Crippen LogP contribution is -2.33. The second-order valence-corrected chi connectivity index (χ2v) is 5.11. The molecule has 0 atom stereocenters. The third-order valence-electron chi connectivity index (χ3n) is 3.34. The molecule has 0 aliphatic carbocycles. The van der Waals surface area contributed by atoms with Gasteiger partial charge in [0.15, 0.2) is 0 Å². The Morgan fingerprint density at radius 1 is 1.00 bits per heavy atom. The molecular formula is C16H31NO. The quantitative estimate of drug-likeness (QED) is 0.400. The van der Waals surface area contributed by atoms with Gasteiger partial charge in [0.1, 0.15) is 0 Å². The molecule has 106 valence electrons. The molecule has 0 fully saturated rings. The molecule has 0 aromatic carbocycles. The van der Waals surface area contributed by atoms with Gasteiger partial charge in [0, 0.05) is 6.04 Å². The van der Waals surface area contributed by atoms with Gasteiger partial charge in [-0.25, -0.2) is 0 Å². The van der Waals surface area contributed by atoms with Crippen LogP contribution in [0.1, 0.15) is 78.1 Å². The first-order valence-electron chi connectivity index (χ1n) is 7.67. The zero-order valence-corrected chi connectivity index (χ0v) is 12.3. The Morgan fingerprint density at radius 2 is 1.50 bits per heavy atom. The molecule has 0 saturated carbocycles. The molecule has 0 rings (SSSR count). The highest BCUT2D eigenvalue weighted by atomic mass is 16.1. The predicted molar refractivity (Wildman–Crippen MR) is 79.6 cm³/mol. The van der Waals surface area contributed by atoms with Crippen LogP contribution in [-0.4, -0.2) is 11.9 Å². The molecule has 0 bridgehead atoms. The molecule has 0 unspecified atom stereocenters. The van der Waals surface area contributed by atoms with Crippen molar-refractivity contribution in [3.63, 3.8) is 0 Å². The van der Waals surface area contributed by atoms with E-state index in [1.165, 1.54) is 57.4 Å². The number of amides is 1. The highest BCUT2D eigenvalue weighted by Crippen LogP contribution is 2.12.